The molecular weight excluding hydrogens is 222 g/mol. The summed E-state index contributed by atoms with van der Waals surface area (Å²) in [4.78, 5) is 12.1. The first-order chi connectivity index (χ1) is 8.76. The molecule has 0 aromatic heterocycles. The maximum atomic E-state index is 12.1. The van der Waals surface area contributed by atoms with E-state index in [-0.39, 0.29) is 11.8 Å². The van der Waals surface area contributed by atoms with Crippen LogP contribution in [0.25, 0.3) is 0 Å². The van der Waals surface area contributed by atoms with E-state index in [4.69, 9.17) is 0 Å². The Morgan fingerprint density at radius 1 is 1.22 bits per heavy atom. The molecule has 2 nitrogen and oxygen atoms in total. The Labute approximate surface area is 110 Å². The number of hydrogen-bond donors (Lipinski definition) is 1. The number of amides is 1. The molecule has 0 atom stereocenters. The molecule has 0 saturated heterocycles. The number of rotatable bonds is 4. The van der Waals surface area contributed by atoms with E-state index in [1.54, 1.807) is 0 Å². The van der Waals surface area contributed by atoms with Crippen molar-refractivity contribution in [2.45, 2.75) is 52.4 Å². The van der Waals surface area contributed by atoms with E-state index in [0.29, 0.717) is 0 Å². The lowest BCUT2D eigenvalue weighted by atomic mass is 9.90. The van der Waals surface area contributed by atoms with Gasteiger partial charge in [-0.3, -0.25) is 4.79 Å². The Morgan fingerprint density at radius 2 is 1.94 bits per heavy atom. The normalized spacial score (nSPS) is 14.4. The molecule has 1 N–H and O–H groups in total. The van der Waals surface area contributed by atoms with Crippen LogP contribution in [0.4, 0.5) is 5.69 Å². The molecule has 1 amide bonds. The van der Waals surface area contributed by atoms with E-state index in [0.717, 1.165) is 31.4 Å². The van der Waals surface area contributed by atoms with Gasteiger partial charge in [0.2, 0.25) is 5.91 Å². The standard InChI is InChI=1S/C16H23NO/c1-3-12(4-2)16(18)17-15-11-7-9-13-8-5-6-10-14(13)15/h7,9,11-12H,3-6,8,10H2,1-2H3,(H,17,18). The van der Waals surface area contributed by atoms with E-state index in [1.165, 1.54) is 24.0 Å². The highest BCUT2D eigenvalue weighted by Crippen LogP contribution is 2.28. The number of nitrogens with one attached hydrogen (secondary N) is 1. The molecule has 0 aliphatic heterocycles. The first kappa shape index (κ1) is 13.1. The molecule has 0 unspecified atom stereocenters. The quantitative estimate of drug-likeness (QED) is 0.855. The van der Waals surface area contributed by atoms with Gasteiger partial charge in [0, 0.05) is 11.6 Å². The lowest BCUT2D eigenvalue weighted by molar-refractivity contribution is -0.120. The van der Waals surface area contributed by atoms with E-state index in [9.17, 15) is 4.79 Å². The molecule has 0 bridgehead atoms. The van der Waals surface area contributed by atoms with Gasteiger partial charge in [-0.1, -0.05) is 26.0 Å². The molecule has 2 rings (SSSR count). The predicted octanol–water partition coefficient (Wildman–Crippen LogP) is 3.94. The lowest BCUT2D eigenvalue weighted by Gasteiger charge is -2.21. The first-order valence-corrected chi connectivity index (χ1v) is 7.17. The largest absolute Gasteiger partial charge is 0.326 e. The van der Waals surface area contributed by atoms with Gasteiger partial charge in [-0.15, -0.1) is 0 Å². The molecular formula is C16H23NO. The molecule has 0 heterocycles. The van der Waals surface area contributed by atoms with Crippen LogP contribution in [0.15, 0.2) is 18.2 Å². The summed E-state index contributed by atoms with van der Waals surface area (Å²) >= 11 is 0. The summed E-state index contributed by atoms with van der Waals surface area (Å²) in [5.74, 6) is 0.323. The summed E-state index contributed by atoms with van der Waals surface area (Å²) < 4.78 is 0. The van der Waals surface area contributed by atoms with Crippen LogP contribution in [0, 0.1) is 5.92 Å². The Hall–Kier alpha value is -1.31. The van der Waals surface area contributed by atoms with Gasteiger partial charge in [0.15, 0.2) is 0 Å². The number of carbonyl (C=O) groups excluding carboxylic acids is 1. The number of benzene rings is 1. The minimum absolute atomic E-state index is 0.143. The van der Waals surface area contributed by atoms with Crippen LogP contribution < -0.4 is 5.32 Å². The zero-order chi connectivity index (χ0) is 13.0. The SMILES string of the molecule is CCC(CC)C(=O)Nc1cccc2c1CCCC2. The van der Waals surface area contributed by atoms with Crippen LogP contribution in [0.1, 0.15) is 50.7 Å². The Morgan fingerprint density at radius 3 is 2.67 bits per heavy atom. The van der Waals surface area contributed by atoms with Gasteiger partial charge in [-0.2, -0.15) is 0 Å². The van der Waals surface area contributed by atoms with Crippen molar-refractivity contribution in [2.75, 3.05) is 5.32 Å². The average Bonchev–Trinajstić information content (AvgIpc) is 2.40. The molecule has 1 aliphatic carbocycles. The second-order valence-corrected chi connectivity index (χ2v) is 5.15. The summed E-state index contributed by atoms with van der Waals surface area (Å²) in [5.41, 5.74) is 3.83. The number of hydrogen-bond acceptors (Lipinski definition) is 1. The van der Waals surface area contributed by atoms with Crippen molar-refractivity contribution in [1.29, 1.82) is 0 Å². The van der Waals surface area contributed by atoms with Gasteiger partial charge in [-0.05, 0) is 55.7 Å². The molecule has 1 aromatic rings. The Bertz CT molecular complexity index is 421. The van der Waals surface area contributed by atoms with Crippen molar-refractivity contribution in [3.63, 3.8) is 0 Å². The second kappa shape index (κ2) is 6.03. The summed E-state index contributed by atoms with van der Waals surface area (Å²) in [6, 6.07) is 6.30. The fourth-order valence-corrected chi connectivity index (χ4v) is 2.79. The summed E-state index contributed by atoms with van der Waals surface area (Å²) in [7, 11) is 0. The van der Waals surface area contributed by atoms with Gasteiger partial charge in [-0.25, -0.2) is 0 Å². The second-order valence-electron chi connectivity index (χ2n) is 5.15. The fourth-order valence-electron chi connectivity index (χ4n) is 2.79. The van der Waals surface area contributed by atoms with Gasteiger partial charge < -0.3 is 5.32 Å². The van der Waals surface area contributed by atoms with Gasteiger partial charge in [0.05, 0.1) is 0 Å². The predicted molar refractivity (Wildman–Crippen MR) is 75.8 cm³/mol. The molecule has 18 heavy (non-hydrogen) atoms. The van der Waals surface area contributed by atoms with E-state index < -0.39 is 0 Å². The Kier molecular flexibility index (Phi) is 4.40. The molecule has 0 radical (unpaired) electrons. The van der Waals surface area contributed by atoms with E-state index in [1.807, 2.05) is 6.07 Å². The van der Waals surface area contributed by atoms with Crippen molar-refractivity contribution in [2.24, 2.45) is 5.92 Å². The summed E-state index contributed by atoms with van der Waals surface area (Å²) in [5, 5.41) is 3.13. The van der Waals surface area contributed by atoms with Crippen LogP contribution >= 0.6 is 0 Å². The van der Waals surface area contributed by atoms with E-state index in [2.05, 4.69) is 31.3 Å². The third kappa shape index (κ3) is 2.74. The Balaban J connectivity index is 2.16. The maximum Gasteiger partial charge on any atom is 0.227 e. The first-order valence-electron chi connectivity index (χ1n) is 7.17. The van der Waals surface area contributed by atoms with Gasteiger partial charge in [0.1, 0.15) is 0 Å². The van der Waals surface area contributed by atoms with E-state index >= 15 is 0 Å². The molecule has 0 fully saturated rings. The maximum absolute atomic E-state index is 12.1. The summed E-state index contributed by atoms with van der Waals surface area (Å²) in [6.45, 7) is 4.16. The van der Waals surface area contributed by atoms with Crippen molar-refractivity contribution in [1.82, 2.24) is 0 Å². The molecule has 98 valence electrons. The minimum Gasteiger partial charge on any atom is -0.326 e. The number of anilines is 1. The molecule has 0 spiro atoms. The molecule has 0 saturated carbocycles. The van der Waals surface area contributed by atoms with Crippen LogP contribution in [0.3, 0.4) is 0 Å². The van der Waals surface area contributed by atoms with Crippen LogP contribution in [0.5, 0.6) is 0 Å². The van der Waals surface area contributed by atoms with Crippen molar-refractivity contribution in [3.8, 4) is 0 Å². The minimum atomic E-state index is 0.143. The topological polar surface area (TPSA) is 29.1 Å². The van der Waals surface area contributed by atoms with Crippen LogP contribution in [0.2, 0.25) is 0 Å². The third-order valence-corrected chi connectivity index (χ3v) is 4.01. The average molecular weight is 245 g/mol. The van der Waals surface area contributed by atoms with Crippen molar-refractivity contribution < 1.29 is 4.79 Å². The number of aryl methyl sites for hydroxylation is 1. The smallest absolute Gasteiger partial charge is 0.227 e. The van der Waals surface area contributed by atoms with Crippen molar-refractivity contribution in [3.05, 3.63) is 29.3 Å². The highest BCUT2D eigenvalue weighted by molar-refractivity contribution is 5.93. The molecule has 1 aliphatic rings. The van der Waals surface area contributed by atoms with Crippen molar-refractivity contribution >= 4 is 11.6 Å². The van der Waals surface area contributed by atoms with Crippen LogP contribution in [-0.4, -0.2) is 5.91 Å². The van der Waals surface area contributed by atoms with Gasteiger partial charge >= 0.3 is 0 Å². The zero-order valence-corrected chi connectivity index (χ0v) is 11.5. The van der Waals surface area contributed by atoms with Gasteiger partial charge in [0.25, 0.3) is 0 Å². The highest BCUT2D eigenvalue weighted by atomic mass is 16.1. The number of carbonyl (C=O) groups is 1. The monoisotopic (exact) mass is 245 g/mol. The number of fused-ring (bicyclic) bond motifs is 1. The summed E-state index contributed by atoms with van der Waals surface area (Å²) in [6.07, 6.45) is 6.61. The molecule has 1 aromatic carbocycles. The van der Waals surface area contributed by atoms with Crippen LogP contribution in [-0.2, 0) is 17.6 Å². The third-order valence-electron chi connectivity index (χ3n) is 4.01. The highest BCUT2D eigenvalue weighted by Gasteiger charge is 2.18. The lowest BCUT2D eigenvalue weighted by Crippen LogP contribution is -2.23. The molecule has 2 heteroatoms. The fraction of sp³-hybridized carbons (Fsp3) is 0.562. The zero-order valence-electron chi connectivity index (χ0n) is 11.5.